The maximum Gasteiger partial charge on any atom is 0.224 e. The van der Waals surface area contributed by atoms with E-state index in [0.717, 1.165) is 6.54 Å². The van der Waals surface area contributed by atoms with E-state index in [4.69, 9.17) is 5.11 Å². The second-order valence-corrected chi connectivity index (χ2v) is 9.25. The summed E-state index contributed by atoms with van der Waals surface area (Å²) >= 11 is 0. The van der Waals surface area contributed by atoms with Crippen molar-refractivity contribution in [3.05, 3.63) is 35.4 Å². The topological polar surface area (TPSA) is 60.9 Å². The number of hydrogen-bond acceptors (Lipinski definition) is 3. The van der Waals surface area contributed by atoms with Crippen molar-refractivity contribution in [3.63, 3.8) is 0 Å². The van der Waals surface area contributed by atoms with Gasteiger partial charge in [0.2, 0.25) is 11.8 Å². The Kier molecular flexibility index (Phi) is 6.23. The average molecular weight is 399 g/mol. The van der Waals surface area contributed by atoms with Gasteiger partial charge in [0.05, 0.1) is 12.6 Å². The zero-order chi connectivity index (χ0) is 20.4. The lowest BCUT2D eigenvalue weighted by molar-refractivity contribution is -0.134. The van der Waals surface area contributed by atoms with Crippen molar-refractivity contribution in [2.45, 2.75) is 57.9 Å². The van der Waals surface area contributed by atoms with Gasteiger partial charge in [0.15, 0.2) is 0 Å². The van der Waals surface area contributed by atoms with Crippen molar-refractivity contribution >= 4 is 11.8 Å². The van der Waals surface area contributed by atoms with Crippen LogP contribution in [0.3, 0.4) is 0 Å². The Labute approximate surface area is 174 Å². The molecule has 5 nitrogen and oxygen atoms in total. The number of hydrogen-bond donors (Lipinski definition) is 1. The minimum atomic E-state index is -0.0993. The first-order valence-corrected chi connectivity index (χ1v) is 11.3. The van der Waals surface area contributed by atoms with E-state index >= 15 is 0 Å². The highest BCUT2D eigenvalue weighted by atomic mass is 16.3. The summed E-state index contributed by atoms with van der Waals surface area (Å²) in [6.45, 7) is 4.17. The Morgan fingerprint density at radius 3 is 2.52 bits per heavy atom. The zero-order valence-electron chi connectivity index (χ0n) is 17.6. The summed E-state index contributed by atoms with van der Waals surface area (Å²) in [5, 5.41) is 9.14. The van der Waals surface area contributed by atoms with E-state index in [9.17, 15) is 9.59 Å². The maximum absolute atomic E-state index is 13.4. The van der Waals surface area contributed by atoms with Gasteiger partial charge in [-0.05, 0) is 36.8 Å². The minimum absolute atomic E-state index is 0.0329. The van der Waals surface area contributed by atoms with Crippen molar-refractivity contribution in [1.82, 2.24) is 9.80 Å². The number of fused-ring (bicyclic) bond motifs is 1. The van der Waals surface area contributed by atoms with Crippen molar-refractivity contribution in [2.75, 3.05) is 26.2 Å². The molecule has 2 aliphatic heterocycles. The van der Waals surface area contributed by atoms with Crippen LogP contribution in [-0.4, -0.2) is 53.0 Å². The monoisotopic (exact) mass is 398 g/mol. The van der Waals surface area contributed by atoms with Crippen molar-refractivity contribution in [3.8, 4) is 0 Å². The Morgan fingerprint density at radius 1 is 1.03 bits per heavy atom. The maximum atomic E-state index is 13.4. The van der Waals surface area contributed by atoms with Gasteiger partial charge in [0.25, 0.3) is 0 Å². The van der Waals surface area contributed by atoms with Crippen molar-refractivity contribution in [2.24, 2.45) is 17.8 Å². The molecule has 1 saturated carbocycles. The molecule has 3 atom stereocenters. The number of carbonyl (C=O) groups is 2. The van der Waals surface area contributed by atoms with Gasteiger partial charge in [0, 0.05) is 44.3 Å². The van der Waals surface area contributed by atoms with E-state index in [1.54, 1.807) is 0 Å². The van der Waals surface area contributed by atoms with Crippen LogP contribution in [0.4, 0.5) is 0 Å². The highest BCUT2D eigenvalue weighted by molar-refractivity contribution is 5.78. The van der Waals surface area contributed by atoms with Gasteiger partial charge in [0.1, 0.15) is 0 Å². The van der Waals surface area contributed by atoms with Gasteiger partial charge < -0.3 is 14.9 Å². The summed E-state index contributed by atoms with van der Waals surface area (Å²) in [6, 6.07) is 8.44. The molecule has 4 rings (SSSR count). The molecule has 3 aliphatic rings. The molecule has 5 heteroatoms. The molecule has 1 aromatic carbocycles. The number of benzene rings is 1. The third kappa shape index (κ3) is 4.20. The predicted molar refractivity (Wildman–Crippen MR) is 112 cm³/mol. The molecular formula is C24H34N2O3. The number of carbonyl (C=O) groups excluding carboxylic acids is 2. The number of amides is 2. The van der Waals surface area contributed by atoms with Gasteiger partial charge in [-0.3, -0.25) is 9.59 Å². The highest BCUT2D eigenvalue weighted by Crippen LogP contribution is 2.46. The summed E-state index contributed by atoms with van der Waals surface area (Å²) in [7, 11) is 0. The Bertz CT molecular complexity index is 743. The van der Waals surface area contributed by atoms with Gasteiger partial charge >= 0.3 is 0 Å². The average Bonchev–Trinajstić information content (AvgIpc) is 3.28. The molecule has 0 bridgehead atoms. The molecule has 0 unspecified atom stereocenters. The molecular weight excluding hydrogens is 364 g/mol. The Balaban J connectivity index is 1.55. The smallest absolute Gasteiger partial charge is 0.224 e. The van der Waals surface area contributed by atoms with Crippen LogP contribution in [0.15, 0.2) is 24.3 Å². The summed E-state index contributed by atoms with van der Waals surface area (Å²) in [5.74, 6) is 1.49. The molecule has 1 aliphatic carbocycles. The van der Waals surface area contributed by atoms with Crippen LogP contribution >= 0.6 is 0 Å². The highest BCUT2D eigenvalue weighted by Gasteiger charge is 2.50. The van der Waals surface area contributed by atoms with E-state index in [1.807, 2.05) is 11.0 Å². The van der Waals surface area contributed by atoms with Crippen LogP contribution in [0.25, 0.3) is 0 Å². The molecule has 1 aromatic rings. The van der Waals surface area contributed by atoms with Crippen LogP contribution in [0, 0.1) is 24.7 Å². The lowest BCUT2D eigenvalue weighted by Gasteiger charge is -2.32. The summed E-state index contributed by atoms with van der Waals surface area (Å²) < 4.78 is 0. The minimum Gasteiger partial charge on any atom is -0.396 e. The first-order valence-electron chi connectivity index (χ1n) is 11.3. The first kappa shape index (κ1) is 20.4. The van der Waals surface area contributed by atoms with Crippen LogP contribution in [0.2, 0.25) is 0 Å². The molecule has 2 amide bonds. The third-order valence-electron chi connectivity index (χ3n) is 7.36. The standard InChI is InChI=1S/C24H34N2O3/c1-17-7-5-6-10-20(17)24-21-16-25(22(28)11-12-27)14-19(21)15-26(24)23(29)13-18-8-3-2-4-9-18/h5-7,10,18-19,21,24,27H,2-4,8-9,11-16H2,1H3/t19-,21-,24+/m0/s1. The normalized spacial score (nSPS) is 27.3. The molecule has 3 fully saturated rings. The largest absolute Gasteiger partial charge is 0.396 e. The van der Waals surface area contributed by atoms with Gasteiger partial charge in [-0.1, -0.05) is 43.5 Å². The van der Waals surface area contributed by atoms with Crippen molar-refractivity contribution in [1.29, 1.82) is 0 Å². The molecule has 29 heavy (non-hydrogen) atoms. The fraction of sp³-hybridized carbons (Fsp3) is 0.667. The van der Waals surface area contributed by atoms with Crippen LogP contribution in [0.1, 0.15) is 62.1 Å². The van der Waals surface area contributed by atoms with Crippen LogP contribution in [0.5, 0.6) is 0 Å². The van der Waals surface area contributed by atoms with Crippen molar-refractivity contribution < 1.29 is 14.7 Å². The molecule has 2 heterocycles. The fourth-order valence-electron chi connectivity index (χ4n) is 5.83. The first-order chi connectivity index (χ1) is 14.1. The molecule has 0 spiro atoms. The number of aliphatic hydroxyl groups is 1. The number of likely N-dealkylation sites (tertiary alicyclic amines) is 2. The Morgan fingerprint density at radius 2 is 1.79 bits per heavy atom. The quantitative estimate of drug-likeness (QED) is 0.828. The van der Waals surface area contributed by atoms with E-state index < -0.39 is 0 Å². The summed E-state index contributed by atoms with van der Waals surface area (Å²) in [4.78, 5) is 29.8. The molecule has 158 valence electrons. The van der Waals surface area contributed by atoms with Crippen LogP contribution in [-0.2, 0) is 9.59 Å². The molecule has 1 N–H and O–H groups in total. The van der Waals surface area contributed by atoms with E-state index in [2.05, 4.69) is 30.0 Å². The lowest BCUT2D eigenvalue weighted by atomic mass is 9.86. The van der Waals surface area contributed by atoms with E-state index in [0.29, 0.717) is 37.3 Å². The number of aryl methyl sites for hydroxylation is 1. The van der Waals surface area contributed by atoms with Gasteiger partial charge in [-0.15, -0.1) is 0 Å². The third-order valence-corrected chi connectivity index (χ3v) is 7.36. The lowest BCUT2D eigenvalue weighted by Crippen LogP contribution is -2.38. The summed E-state index contributed by atoms with van der Waals surface area (Å²) in [5.41, 5.74) is 2.45. The molecule has 2 saturated heterocycles. The second kappa shape index (κ2) is 8.86. The van der Waals surface area contributed by atoms with Crippen LogP contribution < -0.4 is 0 Å². The SMILES string of the molecule is Cc1ccccc1[C@@H]1[C@H]2CN(C(=O)CCO)C[C@H]2CN1C(=O)CC1CCCCC1. The predicted octanol–water partition coefficient (Wildman–Crippen LogP) is 3.31. The van der Waals surface area contributed by atoms with Gasteiger partial charge in [-0.25, -0.2) is 0 Å². The Hall–Kier alpha value is -1.88. The number of nitrogens with zero attached hydrogens (tertiary/aromatic N) is 2. The van der Waals surface area contributed by atoms with Gasteiger partial charge in [-0.2, -0.15) is 0 Å². The number of rotatable bonds is 5. The number of aliphatic hydroxyl groups excluding tert-OH is 1. The summed E-state index contributed by atoms with van der Waals surface area (Å²) in [6.07, 6.45) is 7.06. The molecule has 0 radical (unpaired) electrons. The fourth-order valence-corrected chi connectivity index (χ4v) is 5.83. The van der Waals surface area contributed by atoms with E-state index in [-0.39, 0.29) is 30.9 Å². The zero-order valence-corrected chi connectivity index (χ0v) is 17.6. The second-order valence-electron chi connectivity index (χ2n) is 9.25. The molecule has 0 aromatic heterocycles. The van der Waals surface area contributed by atoms with E-state index in [1.165, 1.54) is 43.2 Å².